The number of hydrogen-bond donors (Lipinski definition) is 1. The van der Waals surface area contributed by atoms with Gasteiger partial charge < -0.3 is 10.0 Å². The van der Waals surface area contributed by atoms with E-state index in [4.69, 9.17) is 0 Å². The number of phenols is 1. The van der Waals surface area contributed by atoms with Gasteiger partial charge in [0.2, 0.25) is 0 Å². The lowest BCUT2D eigenvalue weighted by molar-refractivity contribution is 0.0512. The molecule has 1 aliphatic heterocycles. The number of likely N-dealkylation sites (tertiary alicyclic amines) is 1. The van der Waals surface area contributed by atoms with Crippen LogP contribution in [-0.2, 0) is 5.41 Å². The molecule has 0 amide bonds. The first kappa shape index (κ1) is 15.3. The van der Waals surface area contributed by atoms with Gasteiger partial charge in [-0.2, -0.15) is 0 Å². The van der Waals surface area contributed by atoms with Crippen LogP contribution in [0.25, 0.3) is 0 Å². The molecule has 1 heterocycles. The van der Waals surface area contributed by atoms with E-state index in [0.717, 1.165) is 12.3 Å². The summed E-state index contributed by atoms with van der Waals surface area (Å²) < 4.78 is 0. The molecule has 0 spiro atoms. The second-order valence-corrected chi connectivity index (χ2v) is 8.18. The van der Waals surface area contributed by atoms with Crippen molar-refractivity contribution in [3.05, 3.63) is 42.0 Å². The van der Waals surface area contributed by atoms with Crippen LogP contribution in [0.1, 0.15) is 50.5 Å². The van der Waals surface area contributed by atoms with Gasteiger partial charge in [-0.15, -0.1) is 0 Å². The van der Waals surface area contributed by atoms with Crippen molar-refractivity contribution in [2.45, 2.75) is 50.4 Å². The SMILES string of the molecule is C=C1CC[C@H]2CN(CC3CCC3)CCC2(c2cccc(O)c2)C1. The van der Waals surface area contributed by atoms with Gasteiger partial charge >= 0.3 is 0 Å². The topological polar surface area (TPSA) is 23.5 Å². The fourth-order valence-electron chi connectivity index (χ4n) is 5.16. The highest BCUT2D eigenvalue weighted by molar-refractivity contribution is 5.37. The lowest BCUT2D eigenvalue weighted by atomic mass is 9.58. The molecule has 3 aliphatic rings. The molecule has 4 rings (SSSR count). The summed E-state index contributed by atoms with van der Waals surface area (Å²) in [6.45, 7) is 8.06. The van der Waals surface area contributed by atoms with E-state index < -0.39 is 0 Å². The molecule has 1 unspecified atom stereocenters. The predicted octanol–water partition coefficient (Wildman–Crippen LogP) is 4.49. The van der Waals surface area contributed by atoms with Gasteiger partial charge in [0.15, 0.2) is 0 Å². The highest BCUT2D eigenvalue weighted by atomic mass is 16.3. The first-order chi connectivity index (χ1) is 11.2. The number of hydrogen-bond acceptors (Lipinski definition) is 2. The minimum Gasteiger partial charge on any atom is -0.508 e. The summed E-state index contributed by atoms with van der Waals surface area (Å²) in [6.07, 6.45) is 9.09. The van der Waals surface area contributed by atoms with E-state index >= 15 is 0 Å². The second kappa shape index (κ2) is 5.98. The maximum atomic E-state index is 9.97. The van der Waals surface area contributed by atoms with Crippen LogP contribution in [0, 0.1) is 11.8 Å². The molecule has 1 aromatic carbocycles. The fourth-order valence-corrected chi connectivity index (χ4v) is 5.16. The van der Waals surface area contributed by atoms with Crippen molar-refractivity contribution in [2.75, 3.05) is 19.6 Å². The highest BCUT2D eigenvalue weighted by Crippen LogP contribution is 2.51. The number of rotatable bonds is 3. The van der Waals surface area contributed by atoms with Crippen LogP contribution in [0.15, 0.2) is 36.4 Å². The highest BCUT2D eigenvalue weighted by Gasteiger charge is 2.46. The van der Waals surface area contributed by atoms with Crippen molar-refractivity contribution in [1.29, 1.82) is 0 Å². The Morgan fingerprint density at radius 2 is 2.13 bits per heavy atom. The van der Waals surface area contributed by atoms with Crippen LogP contribution in [0.3, 0.4) is 0 Å². The molecular formula is C21H29NO. The number of aromatic hydroxyl groups is 1. The van der Waals surface area contributed by atoms with Crippen molar-refractivity contribution in [1.82, 2.24) is 4.90 Å². The summed E-state index contributed by atoms with van der Waals surface area (Å²) >= 11 is 0. The molecule has 2 nitrogen and oxygen atoms in total. The molecule has 1 saturated heterocycles. The largest absolute Gasteiger partial charge is 0.508 e. The van der Waals surface area contributed by atoms with E-state index in [2.05, 4.69) is 17.5 Å². The molecule has 2 aliphatic carbocycles. The molecule has 2 saturated carbocycles. The number of fused-ring (bicyclic) bond motifs is 1. The minimum absolute atomic E-state index is 0.212. The van der Waals surface area contributed by atoms with Crippen LogP contribution in [-0.4, -0.2) is 29.6 Å². The molecular weight excluding hydrogens is 282 g/mol. The van der Waals surface area contributed by atoms with Gasteiger partial charge in [-0.05, 0) is 74.6 Å². The Kier molecular flexibility index (Phi) is 3.96. The number of nitrogens with zero attached hydrogens (tertiary/aromatic N) is 1. The summed E-state index contributed by atoms with van der Waals surface area (Å²) in [4.78, 5) is 2.73. The van der Waals surface area contributed by atoms with Crippen LogP contribution < -0.4 is 0 Å². The lowest BCUT2D eigenvalue weighted by Gasteiger charge is -2.52. The first-order valence-corrected chi connectivity index (χ1v) is 9.34. The smallest absolute Gasteiger partial charge is 0.115 e. The molecule has 0 radical (unpaired) electrons. The molecule has 0 bridgehead atoms. The lowest BCUT2D eigenvalue weighted by Crippen LogP contribution is -2.52. The maximum absolute atomic E-state index is 9.97. The Balaban J connectivity index is 1.58. The van der Waals surface area contributed by atoms with Crippen molar-refractivity contribution in [3.8, 4) is 5.75 Å². The predicted molar refractivity (Wildman–Crippen MR) is 94.7 cm³/mol. The fraction of sp³-hybridized carbons (Fsp3) is 0.619. The van der Waals surface area contributed by atoms with E-state index in [1.807, 2.05) is 12.1 Å². The van der Waals surface area contributed by atoms with Gasteiger partial charge in [0.1, 0.15) is 5.75 Å². The van der Waals surface area contributed by atoms with Gasteiger partial charge in [0.05, 0.1) is 0 Å². The Hall–Kier alpha value is -1.28. The van der Waals surface area contributed by atoms with E-state index in [1.54, 1.807) is 6.07 Å². The average molecular weight is 311 g/mol. The van der Waals surface area contributed by atoms with Gasteiger partial charge in [0, 0.05) is 18.5 Å². The third-order valence-electron chi connectivity index (χ3n) is 6.71. The van der Waals surface area contributed by atoms with E-state index in [-0.39, 0.29) is 5.41 Å². The summed E-state index contributed by atoms with van der Waals surface area (Å²) in [5, 5.41) is 9.97. The molecule has 1 aromatic rings. The van der Waals surface area contributed by atoms with Crippen molar-refractivity contribution in [3.63, 3.8) is 0 Å². The molecule has 23 heavy (non-hydrogen) atoms. The first-order valence-electron chi connectivity index (χ1n) is 9.34. The molecule has 0 aromatic heterocycles. The maximum Gasteiger partial charge on any atom is 0.115 e. The van der Waals surface area contributed by atoms with Crippen LogP contribution in [0.2, 0.25) is 0 Å². The zero-order valence-corrected chi connectivity index (χ0v) is 14.1. The average Bonchev–Trinajstić information content (AvgIpc) is 2.51. The van der Waals surface area contributed by atoms with Crippen molar-refractivity contribution in [2.24, 2.45) is 11.8 Å². The standard InChI is InChI=1S/C21H29NO/c1-16-8-9-19-15-22(14-17-4-2-5-17)11-10-21(19,13-16)18-6-3-7-20(23)12-18/h3,6-7,12,17,19,23H,1-2,4-5,8-11,13-15H2/t19-,21?/m0/s1. The normalized spacial score (nSPS) is 32.3. The van der Waals surface area contributed by atoms with E-state index in [9.17, 15) is 5.11 Å². The van der Waals surface area contributed by atoms with Gasteiger partial charge in [-0.3, -0.25) is 0 Å². The van der Waals surface area contributed by atoms with Gasteiger partial charge in [-0.1, -0.05) is 30.7 Å². The van der Waals surface area contributed by atoms with E-state index in [0.29, 0.717) is 11.7 Å². The Labute approximate surface area is 140 Å². The zero-order chi connectivity index (χ0) is 15.9. The molecule has 1 N–H and O–H groups in total. The monoisotopic (exact) mass is 311 g/mol. The number of allylic oxidation sites excluding steroid dienone is 1. The molecule has 2 atom stereocenters. The quantitative estimate of drug-likeness (QED) is 0.831. The number of benzene rings is 1. The minimum atomic E-state index is 0.212. The Morgan fingerprint density at radius 1 is 1.26 bits per heavy atom. The second-order valence-electron chi connectivity index (χ2n) is 8.18. The van der Waals surface area contributed by atoms with Gasteiger partial charge in [-0.25, -0.2) is 0 Å². The summed E-state index contributed by atoms with van der Waals surface area (Å²) in [7, 11) is 0. The van der Waals surface area contributed by atoms with Crippen LogP contribution >= 0.6 is 0 Å². The van der Waals surface area contributed by atoms with Gasteiger partial charge in [0.25, 0.3) is 0 Å². The molecule has 2 heteroatoms. The van der Waals surface area contributed by atoms with Crippen molar-refractivity contribution < 1.29 is 5.11 Å². The Morgan fingerprint density at radius 3 is 2.87 bits per heavy atom. The van der Waals surface area contributed by atoms with E-state index in [1.165, 1.54) is 69.3 Å². The van der Waals surface area contributed by atoms with Crippen LogP contribution in [0.4, 0.5) is 0 Å². The third kappa shape index (κ3) is 2.82. The third-order valence-corrected chi connectivity index (χ3v) is 6.71. The summed E-state index contributed by atoms with van der Waals surface area (Å²) in [5.41, 5.74) is 2.95. The zero-order valence-electron chi connectivity index (χ0n) is 14.1. The van der Waals surface area contributed by atoms with Crippen molar-refractivity contribution >= 4 is 0 Å². The molecule has 3 fully saturated rings. The van der Waals surface area contributed by atoms with Crippen LogP contribution in [0.5, 0.6) is 5.75 Å². The summed E-state index contributed by atoms with van der Waals surface area (Å²) in [6, 6.07) is 8.03. The summed E-state index contributed by atoms with van der Waals surface area (Å²) in [5.74, 6) is 2.08. The Bertz CT molecular complexity index is 591. The number of piperidine rings is 1. The molecule has 124 valence electrons. The number of phenolic OH excluding ortho intramolecular Hbond substituents is 1.